The topological polar surface area (TPSA) is 57.7 Å². The van der Waals surface area contributed by atoms with Gasteiger partial charge in [-0.2, -0.15) is 26.3 Å². The molecule has 0 bridgehead atoms. The highest BCUT2D eigenvalue weighted by atomic mass is 32.2. The van der Waals surface area contributed by atoms with E-state index in [2.05, 4.69) is 0 Å². The summed E-state index contributed by atoms with van der Waals surface area (Å²) in [5.74, 6) is -1.01. The first-order valence-corrected chi connectivity index (χ1v) is 15.3. The molecule has 0 radical (unpaired) electrons. The van der Waals surface area contributed by atoms with Crippen LogP contribution in [0.3, 0.4) is 0 Å². The van der Waals surface area contributed by atoms with Crippen LogP contribution in [0, 0.1) is 11.2 Å². The average Bonchev–Trinajstić information content (AvgIpc) is 3.32. The first kappa shape index (κ1) is 31.5. The van der Waals surface area contributed by atoms with Gasteiger partial charge in [0.1, 0.15) is 10.6 Å². The number of anilines is 1. The second kappa shape index (κ2) is 10.1. The van der Waals surface area contributed by atoms with Crippen LogP contribution in [0.25, 0.3) is 0 Å². The van der Waals surface area contributed by atoms with Crippen LogP contribution in [-0.4, -0.2) is 57.8 Å². The summed E-state index contributed by atoms with van der Waals surface area (Å²) in [6, 6.07) is 4.29. The lowest BCUT2D eigenvalue weighted by molar-refractivity contribution is -0.348. The predicted octanol–water partition coefficient (Wildman–Crippen LogP) is 6.81. The number of carbonyl (C=O) groups excluding carboxylic acids is 1. The normalized spacial score (nSPS) is 24.5. The molecule has 2 aromatic carbocycles. The van der Waals surface area contributed by atoms with E-state index in [0.717, 1.165) is 49.6 Å². The number of hydrogen-bond acceptors (Lipinski definition) is 4. The van der Waals surface area contributed by atoms with Crippen LogP contribution in [0.1, 0.15) is 56.6 Å². The first-order valence-electron chi connectivity index (χ1n) is 13.8. The summed E-state index contributed by atoms with van der Waals surface area (Å²) >= 11 is 0. The summed E-state index contributed by atoms with van der Waals surface area (Å²) in [5.41, 5.74) is -8.73. The average molecular weight is 639 g/mol. The second-order valence-corrected chi connectivity index (χ2v) is 14.2. The Bertz CT molecular complexity index is 1500. The van der Waals surface area contributed by atoms with E-state index >= 15 is 4.39 Å². The summed E-state index contributed by atoms with van der Waals surface area (Å²) in [6.07, 6.45) is -9.24. The van der Waals surface area contributed by atoms with E-state index in [1.807, 2.05) is 6.92 Å². The summed E-state index contributed by atoms with van der Waals surface area (Å²) in [6.45, 7) is 1.49. The van der Waals surface area contributed by atoms with Gasteiger partial charge in [-0.25, -0.2) is 17.2 Å². The Morgan fingerprint density at radius 2 is 1.47 bits per heavy atom. The molecule has 43 heavy (non-hydrogen) atoms. The molecule has 3 aliphatic rings. The molecule has 5 nitrogen and oxygen atoms in total. The molecule has 2 heterocycles. The molecule has 14 heteroatoms. The number of benzene rings is 2. The third-order valence-corrected chi connectivity index (χ3v) is 12.0. The number of nitrogens with zero attached hydrogens (tertiary/aromatic N) is 2. The Balaban J connectivity index is 1.73. The van der Waals surface area contributed by atoms with Gasteiger partial charge in [-0.3, -0.25) is 4.79 Å². The van der Waals surface area contributed by atoms with E-state index in [9.17, 15) is 43.9 Å². The lowest BCUT2D eigenvalue weighted by Crippen LogP contribution is -2.59. The van der Waals surface area contributed by atoms with Crippen LogP contribution in [0.5, 0.6) is 0 Å². The van der Waals surface area contributed by atoms with E-state index in [0.29, 0.717) is 25.0 Å². The molecule has 2 fully saturated rings. The number of fused-ring (bicyclic) bond motifs is 3. The van der Waals surface area contributed by atoms with Crippen molar-refractivity contribution < 1.29 is 48.3 Å². The van der Waals surface area contributed by atoms with Gasteiger partial charge in [-0.1, -0.05) is 38.3 Å². The predicted molar refractivity (Wildman–Crippen MR) is 141 cm³/mol. The molecule has 2 aliphatic heterocycles. The zero-order valence-corrected chi connectivity index (χ0v) is 24.1. The van der Waals surface area contributed by atoms with Gasteiger partial charge >= 0.3 is 18.0 Å². The van der Waals surface area contributed by atoms with Crippen LogP contribution >= 0.6 is 0 Å². The number of sulfone groups is 1. The number of rotatable bonds is 4. The van der Waals surface area contributed by atoms with Crippen molar-refractivity contribution in [1.29, 1.82) is 0 Å². The standard InChI is InChI=1S/C29H30F8N2O3S/c1-25(12-4-3-5-13-25)24(40)39-15-14-26(43(41,42)20-9-7-19(30)8-10-20)21-11-6-18(16-22(21)38(2)17-23(26)39)27(31,28(32,33)34)29(35,36)37/h6-11,16,23H,3-5,12-15,17H2,1-2H3. The Labute approximate surface area is 243 Å². The maximum absolute atomic E-state index is 15.1. The van der Waals surface area contributed by atoms with E-state index in [-0.39, 0.29) is 41.6 Å². The number of likely N-dealkylation sites (tertiary alicyclic amines) is 1. The highest BCUT2D eigenvalue weighted by Crippen LogP contribution is 2.58. The van der Waals surface area contributed by atoms with Crippen LogP contribution in [0.4, 0.5) is 40.8 Å². The highest BCUT2D eigenvalue weighted by molar-refractivity contribution is 7.92. The zero-order chi connectivity index (χ0) is 31.8. The third kappa shape index (κ3) is 4.52. The maximum Gasteiger partial charge on any atom is 0.435 e. The fraction of sp³-hybridized carbons (Fsp3) is 0.552. The monoisotopic (exact) mass is 638 g/mol. The maximum atomic E-state index is 15.1. The molecule has 2 unspecified atom stereocenters. The third-order valence-electron chi connectivity index (χ3n) is 9.47. The van der Waals surface area contributed by atoms with Gasteiger partial charge in [0, 0.05) is 36.8 Å². The fourth-order valence-corrected chi connectivity index (χ4v) is 9.40. The number of likely N-dealkylation sites (N-methyl/N-ethyl adjacent to an activating group) is 1. The lowest BCUT2D eigenvalue weighted by Gasteiger charge is -2.48. The summed E-state index contributed by atoms with van der Waals surface area (Å²) < 4.78 is 138. The summed E-state index contributed by atoms with van der Waals surface area (Å²) in [5, 5.41) is 0. The van der Waals surface area contributed by atoms with Gasteiger partial charge in [0.2, 0.25) is 5.91 Å². The Morgan fingerprint density at radius 3 is 2.02 bits per heavy atom. The van der Waals surface area contributed by atoms with Crippen molar-refractivity contribution in [3.63, 3.8) is 0 Å². The molecule has 5 rings (SSSR count). The van der Waals surface area contributed by atoms with Gasteiger partial charge in [-0.05, 0) is 55.2 Å². The summed E-state index contributed by atoms with van der Waals surface area (Å²) in [7, 11) is -3.23. The largest absolute Gasteiger partial charge is 0.435 e. The minimum Gasteiger partial charge on any atom is -0.372 e. The molecule has 1 amide bonds. The minimum absolute atomic E-state index is 0.0489. The molecule has 2 atom stereocenters. The van der Waals surface area contributed by atoms with Crippen molar-refractivity contribution in [3.8, 4) is 0 Å². The van der Waals surface area contributed by atoms with E-state index in [1.54, 1.807) is 0 Å². The van der Waals surface area contributed by atoms with Crippen LogP contribution in [0.15, 0.2) is 47.4 Å². The molecule has 0 aromatic heterocycles. The van der Waals surface area contributed by atoms with Crippen molar-refractivity contribution in [2.24, 2.45) is 5.41 Å². The highest BCUT2D eigenvalue weighted by Gasteiger charge is 2.74. The smallest absolute Gasteiger partial charge is 0.372 e. The van der Waals surface area contributed by atoms with Crippen LogP contribution in [0.2, 0.25) is 0 Å². The second-order valence-electron chi connectivity index (χ2n) is 12.0. The van der Waals surface area contributed by atoms with Crippen LogP contribution < -0.4 is 4.90 Å². The van der Waals surface area contributed by atoms with Gasteiger partial charge in [0.25, 0.3) is 0 Å². The Morgan fingerprint density at radius 1 is 0.884 bits per heavy atom. The molecule has 236 valence electrons. The van der Waals surface area contributed by atoms with Gasteiger partial charge in [-0.15, -0.1) is 0 Å². The number of hydrogen-bond donors (Lipinski definition) is 0. The molecule has 2 aromatic rings. The van der Waals surface area contributed by atoms with E-state index in [4.69, 9.17) is 0 Å². The zero-order valence-electron chi connectivity index (χ0n) is 23.3. The molecular weight excluding hydrogens is 608 g/mol. The molecule has 1 aliphatic carbocycles. The molecule has 0 spiro atoms. The minimum atomic E-state index is -6.36. The first-order chi connectivity index (χ1) is 19.8. The van der Waals surface area contributed by atoms with Gasteiger partial charge in [0.05, 0.1) is 10.9 Å². The SMILES string of the molecule is CN1CC2N(C(=O)C3(C)CCCCC3)CCC2(S(=O)(=O)c2ccc(F)cc2)c2ccc(C(F)(C(F)(F)F)C(F)(F)F)cc21. The quantitative estimate of drug-likeness (QED) is 0.273. The lowest BCUT2D eigenvalue weighted by atomic mass is 9.74. The van der Waals surface area contributed by atoms with Gasteiger partial charge in [0.15, 0.2) is 9.84 Å². The Kier molecular flexibility index (Phi) is 7.38. The number of alkyl halides is 7. The molecular formula is C29H30F8N2O3S. The molecule has 1 saturated carbocycles. The molecule has 1 saturated heterocycles. The van der Waals surface area contributed by atoms with Crippen molar-refractivity contribution in [3.05, 3.63) is 59.4 Å². The van der Waals surface area contributed by atoms with E-state index in [1.165, 1.54) is 16.8 Å². The Hall–Kier alpha value is -2.90. The van der Waals surface area contributed by atoms with Crippen molar-refractivity contribution >= 4 is 21.4 Å². The summed E-state index contributed by atoms with van der Waals surface area (Å²) in [4.78, 5) is 16.4. The number of carbonyl (C=O) groups is 1. The van der Waals surface area contributed by atoms with Crippen molar-refractivity contribution in [2.45, 2.75) is 79.2 Å². The fourth-order valence-electron chi connectivity index (χ4n) is 7.10. The number of amides is 1. The number of halogens is 8. The van der Waals surface area contributed by atoms with Gasteiger partial charge < -0.3 is 9.80 Å². The molecule has 0 N–H and O–H groups in total. The van der Waals surface area contributed by atoms with Crippen molar-refractivity contribution in [1.82, 2.24) is 4.90 Å². The van der Waals surface area contributed by atoms with Crippen molar-refractivity contribution in [2.75, 3.05) is 25.0 Å². The van der Waals surface area contributed by atoms with E-state index < -0.39 is 55.4 Å². The van der Waals surface area contributed by atoms with Crippen LogP contribution in [-0.2, 0) is 25.0 Å².